The summed E-state index contributed by atoms with van der Waals surface area (Å²) in [6.07, 6.45) is 2.46. The van der Waals surface area contributed by atoms with Gasteiger partial charge in [-0.3, -0.25) is 15.3 Å². The fourth-order valence-corrected chi connectivity index (χ4v) is 3.25. The Balaban J connectivity index is 1.81. The lowest BCUT2D eigenvalue weighted by Gasteiger charge is -2.04. The molecule has 5 nitrogen and oxygen atoms in total. The molecule has 2 rings (SSSR count). The summed E-state index contributed by atoms with van der Waals surface area (Å²) in [6, 6.07) is 4.07. The van der Waals surface area contributed by atoms with Crippen molar-refractivity contribution in [3.05, 3.63) is 24.5 Å². The highest BCUT2D eigenvalue weighted by Gasteiger charge is 2.19. The van der Waals surface area contributed by atoms with E-state index in [-0.39, 0.29) is 6.04 Å². The first-order valence-corrected chi connectivity index (χ1v) is 6.94. The molecule has 1 aliphatic rings. The number of thioether (sulfide) groups is 2. The molecule has 7 heteroatoms. The number of carboxylic acid groups (broad SMARTS) is 1. The number of amides is 1. The van der Waals surface area contributed by atoms with Crippen LogP contribution in [0.1, 0.15) is 0 Å². The van der Waals surface area contributed by atoms with Crippen LogP contribution in [0.3, 0.4) is 0 Å². The third-order valence-electron chi connectivity index (χ3n) is 2.02. The minimum Gasteiger partial charge on any atom is -0.465 e. The molecule has 1 aliphatic heterocycles. The maximum Gasteiger partial charge on any atom is 0.410 e. The number of pyridine rings is 1. The van der Waals surface area contributed by atoms with E-state index in [0.717, 1.165) is 16.4 Å². The van der Waals surface area contributed by atoms with E-state index in [0.29, 0.717) is 5.17 Å². The molecule has 0 aliphatic carbocycles. The zero-order valence-corrected chi connectivity index (χ0v) is 10.5. The number of carbonyl (C=O) groups is 1. The molecular weight excluding hydrogens is 258 g/mol. The fraction of sp³-hybridized carbons (Fsp3) is 0.300. The van der Waals surface area contributed by atoms with Crippen molar-refractivity contribution >= 4 is 34.8 Å². The lowest BCUT2D eigenvalue weighted by molar-refractivity contribution is 0.200. The van der Waals surface area contributed by atoms with Gasteiger partial charge in [-0.05, 0) is 12.1 Å². The molecule has 1 aromatic heterocycles. The molecule has 1 amide bonds. The van der Waals surface area contributed by atoms with E-state index in [9.17, 15) is 4.79 Å². The molecule has 0 spiro atoms. The summed E-state index contributed by atoms with van der Waals surface area (Å²) in [6.45, 7) is 0. The van der Waals surface area contributed by atoms with E-state index in [2.05, 4.69) is 15.3 Å². The summed E-state index contributed by atoms with van der Waals surface area (Å²) < 4.78 is 0. The second-order valence-electron chi connectivity index (χ2n) is 3.32. The standard InChI is InChI=1S/C10H11N3O2S2/c14-10(15)13-9-12-7(6-17-9)5-16-8-1-3-11-4-2-8/h1-4,7H,5-6H2,(H,12,13)(H,14,15)/t7-/m0/s1. The normalized spacial score (nSPS) is 18.8. The minimum atomic E-state index is -1.06. The van der Waals surface area contributed by atoms with Crippen LogP contribution in [0, 0.1) is 0 Å². The van der Waals surface area contributed by atoms with Crippen LogP contribution in [0.25, 0.3) is 0 Å². The Morgan fingerprint density at radius 2 is 2.35 bits per heavy atom. The van der Waals surface area contributed by atoms with E-state index in [1.165, 1.54) is 11.8 Å². The number of amidine groups is 1. The van der Waals surface area contributed by atoms with Crippen molar-refractivity contribution in [1.82, 2.24) is 10.3 Å². The topological polar surface area (TPSA) is 74.6 Å². The molecule has 90 valence electrons. The van der Waals surface area contributed by atoms with Gasteiger partial charge in [-0.1, -0.05) is 11.8 Å². The molecule has 0 saturated heterocycles. The molecule has 0 radical (unpaired) electrons. The van der Waals surface area contributed by atoms with Gasteiger partial charge >= 0.3 is 6.09 Å². The third-order valence-corrected chi connectivity index (χ3v) is 4.21. The van der Waals surface area contributed by atoms with Crippen LogP contribution in [0.4, 0.5) is 4.79 Å². The number of rotatable bonds is 3. The van der Waals surface area contributed by atoms with Gasteiger partial charge in [0.1, 0.15) is 0 Å². The number of nitrogens with zero attached hydrogens (tertiary/aromatic N) is 2. The molecule has 0 fully saturated rings. The van der Waals surface area contributed by atoms with Crippen molar-refractivity contribution in [3.63, 3.8) is 0 Å². The highest BCUT2D eigenvalue weighted by atomic mass is 32.2. The molecule has 0 bridgehead atoms. The average Bonchev–Trinajstić information content (AvgIpc) is 2.75. The van der Waals surface area contributed by atoms with Crippen LogP contribution in [0.15, 0.2) is 34.4 Å². The van der Waals surface area contributed by atoms with E-state index in [1.54, 1.807) is 24.2 Å². The van der Waals surface area contributed by atoms with Crippen molar-refractivity contribution in [1.29, 1.82) is 0 Å². The van der Waals surface area contributed by atoms with Crippen molar-refractivity contribution < 1.29 is 9.90 Å². The van der Waals surface area contributed by atoms with Crippen LogP contribution in [0.2, 0.25) is 0 Å². The summed E-state index contributed by atoms with van der Waals surface area (Å²) in [5, 5.41) is 11.3. The van der Waals surface area contributed by atoms with Crippen molar-refractivity contribution in [2.75, 3.05) is 11.5 Å². The Labute approximate surface area is 107 Å². The quantitative estimate of drug-likeness (QED) is 0.820. The van der Waals surface area contributed by atoms with E-state index in [1.807, 2.05) is 12.1 Å². The number of hydrogen-bond acceptors (Lipinski definition) is 5. The lowest BCUT2D eigenvalue weighted by Crippen LogP contribution is -2.25. The van der Waals surface area contributed by atoms with Gasteiger partial charge < -0.3 is 5.11 Å². The maximum atomic E-state index is 10.4. The van der Waals surface area contributed by atoms with Gasteiger partial charge in [-0.2, -0.15) is 0 Å². The van der Waals surface area contributed by atoms with Crippen molar-refractivity contribution in [2.24, 2.45) is 4.99 Å². The molecule has 2 N–H and O–H groups in total. The SMILES string of the molecule is O=C(O)NC1=N[C@@H](CSc2ccncc2)CS1. The van der Waals surface area contributed by atoms with Crippen LogP contribution < -0.4 is 5.32 Å². The second-order valence-corrected chi connectivity index (χ2v) is 5.43. The molecule has 2 heterocycles. The molecule has 0 unspecified atom stereocenters. The van der Waals surface area contributed by atoms with Crippen LogP contribution >= 0.6 is 23.5 Å². The van der Waals surface area contributed by atoms with Gasteiger partial charge in [0.15, 0.2) is 5.17 Å². The summed E-state index contributed by atoms with van der Waals surface area (Å²) >= 11 is 3.15. The smallest absolute Gasteiger partial charge is 0.410 e. The first kappa shape index (κ1) is 12.3. The predicted octanol–water partition coefficient (Wildman–Crippen LogP) is 1.91. The van der Waals surface area contributed by atoms with Gasteiger partial charge in [0.25, 0.3) is 0 Å². The first-order valence-electron chi connectivity index (χ1n) is 4.97. The van der Waals surface area contributed by atoms with Gasteiger partial charge in [0, 0.05) is 28.8 Å². The Morgan fingerprint density at radius 3 is 3.06 bits per heavy atom. The monoisotopic (exact) mass is 269 g/mol. The number of aromatic nitrogens is 1. The second kappa shape index (κ2) is 5.92. The van der Waals surface area contributed by atoms with Crippen LogP contribution in [-0.2, 0) is 0 Å². The number of hydrogen-bond donors (Lipinski definition) is 2. The molecule has 0 saturated carbocycles. The zero-order valence-electron chi connectivity index (χ0n) is 8.87. The van der Waals surface area contributed by atoms with Gasteiger partial charge in [0.2, 0.25) is 0 Å². The summed E-state index contributed by atoms with van der Waals surface area (Å²) in [5.74, 6) is 1.68. The molecule has 1 aromatic rings. The van der Waals surface area contributed by atoms with Crippen LogP contribution in [0.5, 0.6) is 0 Å². The van der Waals surface area contributed by atoms with Crippen molar-refractivity contribution in [3.8, 4) is 0 Å². The Morgan fingerprint density at radius 1 is 1.59 bits per heavy atom. The van der Waals surface area contributed by atoms with E-state index < -0.39 is 6.09 Å². The Hall–Kier alpha value is -1.21. The van der Waals surface area contributed by atoms with Gasteiger partial charge in [0.05, 0.1) is 6.04 Å². The molecule has 1 atom stereocenters. The third kappa shape index (κ3) is 3.94. The van der Waals surface area contributed by atoms with Gasteiger partial charge in [-0.25, -0.2) is 4.79 Å². The number of aliphatic imine (C=N–C) groups is 1. The molecular formula is C10H11N3O2S2. The Bertz CT molecular complexity index is 425. The zero-order chi connectivity index (χ0) is 12.1. The van der Waals surface area contributed by atoms with E-state index >= 15 is 0 Å². The average molecular weight is 269 g/mol. The highest BCUT2D eigenvalue weighted by molar-refractivity contribution is 8.14. The lowest BCUT2D eigenvalue weighted by atomic mass is 10.4. The summed E-state index contributed by atoms with van der Waals surface area (Å²) in [7, 11) is 0. The summed E-state index contributed by atoms with van der Waals surface area (Å²) in [4.78, 5) is 19.8. The van der Waals surface area contributed by atoms with Gasteiger partial charge in [-0.15, -0.1) is 11.8 Å². The first-order chi connectivity index (χ1) is 8.24. The molecule has 17 heavy (non-hydrogen) atoms. The fourth-order valence-electron chi connectivity index (χ4n) is 1.29. The van der Waals surface area contributed by atoms with E-state index in [4.69, 9.17) is 5.11 Å². The predicted molar refractivity (Wildman–Crippen MR) is 69.8 cm³/mol. The highest BCUT2D eigenvalue weighted by Crippen LogP contribution is 2.24. The minimum absolute atomic E-state index is 0.167. The Kier molecular flexibility index (Phi) is 4.27. The van der Waals surface area contributed by atoms with Crippen LogP contribution in [-0.4, -0.2) is 38.9 Å². The number of nitrogens with one attached hydrogen (secondary N) is 1. The van der Waals surface area contributed by atoms with Crippen molar-refractivity contribution in [2.45, 2.75) is 10.9 Å². The largest absolute Gasteiger partial charge is 0.465 e. The summed E-state index contributed by atoms with van der Waals surface area (Å²) in [5.41, 5.74) is 0. The maximum absolute atomic E-state index is 10.4. The molecule has 0 aromatic carbocycles.